The number of rotatable bonds is 2. The molecule has 6 heteroatoms. The van der Waals surface area contributed by atoms with Crippen molar-refractivity contribution in [2.45, 2.75) is 19.4 Å². The third-order valence-corrected chi connectivity index (χ3v) is 3.76. The lowest BCUT2D eigenvalue weighted by Gasteiger charge is -2.23. The molecular weight excluding hydrogens is 282 g/mol. The number of fused-ring (bicyclic) bond motifs is 1. The Morgan fingerprint density at radius 2 is 1.91 bits per heavy atom. The Morgan fingerprint density at radius 3 is 2.59 bits per heavy atom. The molecule has 1 N–H and O–H groups in total. The van der Waals surface area contributed by atoms with E-state index in [-0.39, 0.29) is 17.8 Å². The van der Waals surface area contributed by atoms with Crippen molar-refractivity contribution in [3.8, 4) is 0 Å². The van der Waals surface area contributed by atoms with Gasteiger partial charge in [0, 0.05) is 29.5 Å². The molecule has 0 spiro atoms. The lowest BCUT2D eigenvalue weighted by Crippen LogP contribution is -2.39. The number of hydrogen-bond donors (Lipinski definition) is 1. The Labute approximate surface area is 127 Å². The molecule has 0 saturated heterocycles. The van der Waals surface area contributed by atoms with E-state index < -0.39 is 4.92 Å². The van der Waals surface area contributed by atoms with Crippen LogP contribution >= 0.6 is 0 Å². The molecule has 3 rings (SSSR count). The van der Waals surface area contributed by atoms with Crippen molar-refractivity contribution in [1.29, 1.82) is 0 Å². The van der Waals surface area contributed by atoms with E-state index in [2.05, 4.69) is 5.32 Å². The maximum absolute atomic E-state index is 12.5. The van der Waals surface area contributed by atoms with Crippen molar-refractivity contribution in [1.82, 2.24) is 0 Å². The van der Waals surface area contributed by atoms with Crippen molar-refractivity contribution in [3.05, 3.63) is 64.2 Å². The van der Waals surface area contributed by atoms with Gasteiger partial charge in [-0.25, -0.2) is 4.79 Å². The van der Waals surface area contributed by atoms with Crippen LogP contribution in [0.5, 0.6) is 0 Å². The molecule has 1 atom stereocenters. The van der Waals surface area contributed by atoms with E-state index in [1.165, 1.54) is 24.3 Å². The maximum atomic E-state index is 12.5. The van der Waals surface area contributed by atoms with Gasteiger partial charge in [-0.3, -0.25) is 15.0 Å². The van der Waals surface area contributed by atoms with Crippen LogP contribution in [0.3, 0.4) is 0 Å². The Bertz CT molecular complexity index is 728. The summed E-state index contributed by atoms with van der Waals surface area (Å²) in [5.74, 6) is 0. The van der Waals surface area contributed by atoms with E-state index in [1.807, 2.05) is 31.2 Å². The van der Waals surface area contributed by atoms with Crippen molar-refractivity contribution in [2.24, 2.45) is 0 Å². The van der Waals surface area contributed by atoms with Crippen molar-refractivity contribution in [2.75, 3.05) is 10.2 Å². The fourth-order valence-corrected chi connectivity index (χ4v) is 2.73. The molecule has 0 bridgehead atoms. The van der Waals surface area contributed by atoms with Gasteiger partial charge in [-0.05, 0) is 37.1 Å². The molecule has 2 amide bonds. The number of nitro benzene ring substituents is 1. The van der Waals surface area contributed by atoms with Crippen molar-refractivity contribution >= 4 is 23.1 Å². The van der Waals surface area contributed by atoms with Crippen molar-refractivity contribution in [3.63, 3.8) is 0 Å². The molecule has 0 fully saturated rings. The number of hydrogen-bond acceptors (Lipinski definition) is 3. The normalized spacial score (nSPS) is 16.2. The zero-order valence-corrected chi connectivity index (χ0v) is 12.0. The van der Waals surface area contributed by atoms with Gasteiger partial charge in [-0.15, -0.1) is 0 Å². The lowest BCUT2D eigenvalue weighted by molar-refractivity contribution is -0.384. The number of carbonyl (C=O) groups excluding carboxylic acids is 1. The second kappa shape index (κ2) is 5.48. The highest BCUT2D eigenvalue weighted by Crippen LogP contribution is 2.32. The topological polar surface area (TPSA) is 75.5 Å². The Morgan fingerprint density at radius 1 is 1.23 bits per heavy atom. The molecule has 2 aromatic rings. The number of carbonyl (C=O) groups is 1. The van der Waals surface area contributed by atoms with Gasteiger partial charge in [-0.1, -0.05) is 18.2 Å². The molecule has 0 aromatic heterocycles. The molecule has 112 valence electrons. The van der Waals surface area contributed by atoms with Gasteiger partial charge < -0.3 is 5.32 Å². The Hall–Kier alpha value is -2.89. The van der Waals surface area contributed by atoms with Crippen LogP contribution < -0.4 is 10.2 Å². The van der Waals surface area contributed by atoms with Gasteiger partial charge >= 0.3 is 6.03 Å². The second-order valence-electron chi connectivity index (χ2n) is 5.29. The molecule has 22 heavy (non-hydrogen) atoms. The smallest absolute Gasteiger partial charge is 0.308 e. The lowest BCUT2D eigenvalue weighted by atomic mass is 10.1. The summed E-state index contributed by atoms with van der Waals surface area (Å²) >= 11 is 0. The third-order valence-electron chi connectivity index (χ3n) is 3.76. The molecular formula is C16H15N3O3. The zero-order valence-electron chi connectivity index (χ0n) is 12.0. The molecule has 2 aromatic carbocycles. The van der Waals surface area contributed by atoms with E-state index >= 15 is 0 Å². The van der Waals surface area contributed by atoms with Crippen LogP contribution in [-0.2, 0) is 6.42 Å². The van der Waals surface area contributed by atoms with Crippen LogP contribution in [0, 0.1) is 10.1 Å². The number of non-ortho nitro benzene ring substituents is 1. The van der Waals surface area contributed by atoms with E-state index in [0.717, 1.165) is 17.7 Å². The molecule has 0 unspecified atom stereocenters. The molecule has 1 aliphatic rings. The Balaban J connectivity index is 1.78. The van der Waals surface area contributed by atoms with E-state index in [4.69, 9.17) is 0 Å². The predicted molar refractivity (Wildman–Crippen MR) is 84.2 cm³/mol. The monoisotopic (exact) mass is 297 g/mol. The molecule has 1 heterocycles. The van der Waals surface area contributed by atoms with Crippen LogP contribution in [0.1, 0.15) is 12.5 Å². The van der Waals surface area contributed by atoms with Crippen LogP contribution in [0.25, 0.3) is 0 Å². The Kier molecular flexibility index (Phi) is 3.50. The summed E-state index contributed by atoms with van der Waals surface area (Å²) in [5, 5.41) is 13.4. The van der Waals surface area contributed by atoms with Gasteiger partial charge in [0.25, 0.3) is 5.69 Å². The quantitative estimate of drug-likeness (QED) is 0.680. The second-order valence-corrected chi connectivity index (χ2v) is 5.29. The van der Waals surface area contributed by atoms with Gasteiger partial charge in [0.15, 0.2) is 0 Å². The standard InChI is InChI=1S/C16H15N3O3/c1-11-10-12-4-2-3-5-15(12)18(11)16(20)17-13-6-8-14(9-7-13)19(21)22/h2-9,11H,10H2,1H3,(H,17,20)/t11-/m1/s1. The average Bonchev–Trinajstić information content (AvgIpc) is 2.83. The summed E-state index contributed by atoms with van der Waals surface area (Å²) in [6.07, 6.45) is 0.823. The molecule has 0 aliphatic carbocycles. The molecule has 0 radical (unpaired) electrons. The predicted octanol–water partition coefficient (Wildman–Crippen LogP) is 3.58. The molecule has 1 aliphatic heterocycles. The summed E-state index contributed by atoms with van der Waals surface area (Å²) in [6.45, 7) is 2.00. The largest absolute Gasteiger partial charge is 0.326 e. The zero-order chi connectivity index (χ0) is 15.7. The number of para-hydroxylation sites is 1. The summed E-state index contributed by atoms with van der Waals surface area (Å²) in [7, 11) is 0. The highest BCUT2D eigenvalue weighted by Gasteiger charge is 2.30. The fourth-order valence-electron chi connectivity index (χ4n) is 2.73. The van der Waals surface area contributed by atoms with E-state index in [1.54, 1.807) is 4.90 Å². The summed E-state index contributed by atoms with van der Waals surface area (Å²) in [5.41, 5.74) is 2.59. The molecule has 0 saturated carbocycles. The van der Waals surface area contributed by atoms with Crippen LogP contribution in [-0.4, -0.2) is 17.0 Å². The summed E-state index contributed by atoms with van der Waals surface area (Å²) < 4.78 is 0. The van der Waals surface area contributed by atoms with E-state index in [0.29, 0.717) is 5.69 Å². The fraction of sp³-hybridized carbons (Fsp3) is 0.188. The first kappa shape index (κ1) is 14.1. The van der Waals surface area contributed by atoms with Gasteiger partial charge in [0.2, 0.25) is 0 Å². The molecule has 6 nitrogen and oxygen atoms in total. The number of amides is 2. The van der Waals surface area contributed by atoms with Gasteiger partial charge in [-0.2, -0.15) is 0 Å². The minimum atomic E-state index is -0.468. The van der Waals surface area contributed by atoms with Crippen LogP contribution in [0.4, 0.5) is 21.9 Å². The first-order valence-corrected chi connectivity index (χ1v) is 6.99. The number of nitrogens with one attached hydrogen (secondary N) is 1. The van der Waals surface area contributed by atoms with E-state index in [9.17, 15) is 14.9 Å². The highest BCUT2D eigenvalue weighted by atomic mass is 16.6. The number of urea groups is 1. The summed E-state index contributed by atoms with van der Waals surface area (Å²) in [6, 6.07) is 13.5. The number of nitrogens with zero attached hydrogens (tertiary/aromatic N) is 2. The average molecular weight is 297 g/mol. The number of nitro groups is 1. The minimum Gasteiger partial charge on any atom is -0.308 e. The third kappa shape index (κ3) is 2.50. The SMILES string of the molecule is C[C@@H]1Cc2ccccc2N1C(=O)Nc1ccc([N+](=O)[O-])cc1. The highest BCUT2D eigenvalue weighted by molar-refractivity contribution is 6.03. The van der Waals surface area contributed by atoms with Crippen LogP contribution in [0.15, 0.2) is 48.5 Å². The van der Waals surface area contributed by atoms with Gasteiger partial charge in [0.1, 0.15) is 0 Å². The summed E-state index contributed by atoms with van der Waals surface area (Å²) in [4.78, 5) is 24.4. The van der Waals surface area contributed by atoms with Crippen molar-refractivity contribution < 1.29 is 9.72 Å². The van der Waals surface area contributed by atoms with Gasteiger partial charge in [0.05, 0.1) is 4.92 Å². The number of benzene rings is 2. The maximum Gasteiger partial charge on any atom is 0.326 e. The number of anilines is 2. The first-order valence-electron chi connectivity index (χ1n) is 6.99. The minimum absolute atomic E-state index is 0.00196. The first-order chi connectivity index (χ1) is 10.6. The van der Waals surface area contributed by atoms with Crippen LogP contribution in [0.2, 0.25) is 0 Å².